The molecule has 7 heteroatoms. The van der Waals surface area contributed by atoms with Crippen molar-refractivity contribution in [1.29, 1.82) is 0 Å². The van der Waals surface area contributed by atoms with Gasteiger partial charge in [-0.1, -0.05) is 18.5 Å². The summed E-state index contributed by atoms with van der Waals surface area (Å²) in [5.41, 5.74) is 1.38. The Morgan fingerprint density at radius 2 is 2.04 bits per heavy atom. The van der Waals surface area contributed by atoms with Crippen LogP contribution in [0.1, 0.15) is 25.5 Å². The molecule has 1 aromatic heterocycles. The lowest BCUT2D eigenvalue weighted by molar-refractivity contribution is 0.397. The minimum absolute atomic E-state index is 0.130. The lowest BCUT2D eigenvalue weighted by atomic mass is 10.1. The molecule has 0 atom stereocenters. The fourth-order valence-electron chi connectivity index (χ4n) is 2.20. The van der Waals surface area contributed by atoms with E-state index >= 15 is 0 Å². The number of aryl methyl sites for hydroxylation is 1. The van der Waals surface area contributed by atoms with Gasteiger partial charge in [-0.3, -0.25) is 0 Å². The molecule has 2 rings (SSSR count). The van der Waals surface area contributed by atoms with E-state index in [-0.39, 0.29) is 4.90 Å². The number of benzene rings is 1. The van der Waals surface area contributed by atoms with Gasteiger partial charge in [0.2, 0.25) is 10.0 Å². The van der Waals surface area contributed by atoms with Crippen molar-refractivity contribution in [3.8, 4) is 17.1 Å². The number of aromatic nitrogens is 1. The minimum Gasteiger partial charge on any atom is -0.495 e. The Hall–Kier alpha value is -1.86. The number of unbranched alkanes of at least 4 members (excludes halogenated alkanes) is 1. The zero-order valence-corrected chi connectivity index (χ0v) is 14.7. The zero-order chi connectivity index (χ0) is 17.0. The van der Waals surface area contributed by atoms with Crippen LogP contribution in [0.25, 0.3) is 11.3 Å². The predicted molar refractivity (Wildman–Crippen MR) is 88.0 cm³/mol. The third kappa shape index (κ3) is 3.73. The molecule has 23 heavy (non-hydrogen) atoms. The normalized spacial score (nSPS) is 11.9. The van der Waals surface area contributed by atoms with Gasteiger partial charge in [0.1, 0.15) is 10.6 Å². The molecule has 1 aromatic carbocycles. The minimum atomic E-state index is -3.63. The molecule has 1 heterocycles. The molecule has 6 nitrogen and oxygen atoms in total. The van der Waals surface area contributed by atoms with Crippen LogP contribution in [-0.2, 0) is 10.0 Å². The maximum absolute atomic E-state index is 12.8. The highest BCUT2D eigenvalue weighted by atomic mass is 32.2. The fourth-order valence-corrected chi connectivity index (χ4v) is 3.59. The van der Waals surface area contributed by atoms with Crippen LogP contribution in [0.5, 0.6) is 5.75 Å². The maximum atomic E-state index is 12.8. The number of rotatable bonds is 7. The Kier molecular flexibility index (Phi) is 5.43. The van der Waals surface area contributed by atoms with Gasteiger partial charge >= 0.3 is 0 Å². The summed E-state index contributed by atoms with van der Waals surface area (Å²) in [6.07, 6.45) is 1.73. The van der Waals surface area contributed by atoms with E-state index in [1.54, 1.807) is 31.3 Å². The number of methoxy groups -OCH3 is 1. The Labute approximate surface area is 137 Å². The van der Waals surface area contributed by atoms with E-state index in [2.05, 4.69) is 5.16 Å². The molecular weight excluding hydrogens is 316 g/mol. The average molecular weight is 338 g/mol. The quantitative estimate of drug-likeness (QED) is 0.776. The number of nitrogens with zero attached hydrogens (tertiary/aromatic N) is 2. The van der Waals surface area contributed by atoms with Crippen LogP contribution >= 0.6 is 0 Å². The van der Waals surface area contributed by atoms with Crippen molar-refractivity contribution in [3.05, 3.63) is 30.0 Å². The number of ether oxygens (including phenoxy) is 1. The van der Waals surface area contributed by atoms with Crippen molar-refractivity contribution in [2.45, 2.75) is 31.6 Å². The number of hydrogen-bond acceptors (Lipinski definition) is 5. The Balaban J connectivity index is 2.47. The van der Waals surface area contributed by atoms with E-state index in [0.29, 0.717) is 23.6 Å². The SMILES string of the molecule is CCCCN(C)S(=O)(=O)c1cc(-c2cc(C)no2)ccc1OC. The summed E-state index contributed by atoms with van der Waals surface area (Å²) in [7, 11) is -0.595. The van der Waals surface area contributed by atoms with Gasteiger partial charge in [-0.05, 0) is 31.5 Å². The van der Waals surface area contributed by atoms with Gasteiger partial charge in [-0.2, -0.15) is 0 Å². The Morgan fingerprint density at radius 1 is 1.30 bits per heavy atom. The second-order valence-electron chi connectivity index (χ2n) is 5.38. The zero-order valence-electron chi connectivity index (χ0n) is 13.9. The summed E-state index contributed by atoms with van der Waals surface area (Å²) in [4.78, 5) is 0.130. The van der Waals surface area contributed by atoms with Gasteiger partial charge in [-0.25, -0.2) is 12.7 Å². The van der Waals surface area contributed by atoms with Gasteiger partial charge in [0.15, 0.2) is 5.76 Å². The van der Waals surface area contributed by atoms with E-state index in [1.807, 2.05) is 13.8 Å². The van der Waals surface area contributed by atoms with Gasteiger partial charge in [0, 0.05) is 25.2 Å². The van der Waals surface area contributed by atoms with Crippen LogP contribution < -0.4 is 4.74 Å². The smallest absolute Gasteiger partial charge is 0.246 e. The summed E-state index contributed by atoms with van der Waals surface area (Å²) in [6, 6.07) is 6.72. The molecule has 0 saturated carbocycles. The summed E-state index contributed by atoms with van der Waals surface area (Å²) in [5, 5.41) is 3.84. The molecule has 0 aliphatic heterocycles. The van der Waals surface area contributed by atoms with E-state index < -0.39 is 10.0 Å². The van der Waals surface area contributed by atoms with Crippen molar-refractivity contribution in [3.63, 3.8) is 0 Å². The van der Waals surface area contributed by atoms with Gasteiger partial charge in [0.25, 0.3) is 0 Å². The summed E-state index contributed by atoms with van der Waals surface area (Å²) in [5.74, 6) is 0.839. The molecule has 0 unspecified atom stereocenters. The van der Waals surface area contributed by atoms with Crippen molar-refractivity contribution in [1.82, 2.24) is 9.46 Å². The number of hydrogen-bond donors (Lipinski definition) is 0. The van der Waals surface area contributed by atoms with Crippen molar-refractivity contribution >= 4 is 10.0 Å². The highest BCUT2D eigenvalue weighted by Gasteiger charge is 2.25. The first-order valence-corrected chi connectivity index (χ1v) is 8.92. The Bertz CT molecular complexity index is 768. The predicted octanol–water partition coefficient (Wildman–Crippen LogP) is 3.08. The topological polar surface area (TPSA) is 72.6 Å². The summed E-state index contributed by atoms with van der Waals surface area (Å²) < 4.78 is 37.4. The number of sulfonamides is 1. The maximum Gasteiger partial charge on any atom is 0.246 e. The molecule has 0 aliphatic rings. The van der Waals surface area contributed by atoms with Crippen LogP contribution in [0.4, 0.5) is 0 Å². The molecule has 0 bridgehead atoms. The third-order valence-electron chi connectivity index (χ3n) is 3.59. The third-order valence-corrected chi connectivity index (χ3v) is 5.47. The molecule has 0 aliphatic carbocycles. The molecule has 0 radical (unpaired) electrons. The first-order chi connectivity index (χ1) is 10.9. The highest BCUT2D eigenvalue weighted by Crippen LogP contribution is 2.31. The lowest BCUT2D eigenvalue weighted by Gasteiger charge is -2.19. The van der Waals surface area contributed by atoms with Crippen LogP contribution in [0, 0.1) is 6.92 Å². The van der Waals surface area contributed by atoms with E-state index in [1.165, 1.54) is 11.4 Å². The molecule has 0 spiro atoms. The van der Waals surface area contributed by atoms with Gasteiger partial charge < -0.3 is 9.26 Å². The van der Waals surface area contributed by atoms with Gasteiger partial charge in [0.05, 0.1) is 12.8 Å². The molecule has 0 saturated heterocycles. The van der Waals surface area contributed by atoms with Crippen LogP contribution in [-0.4, -0.2) is 38.6 Å². The van der Waals surface area contributed by atoms with Crippen LogP contribution in [0.2, 0.25) is 0 Å². The van der Waals surface area contributed by atoms with Crippen LogP contribution in [0.3, 0.4) is 0 Å². The van der Waals surface area contributed by atoms with E-state index in [4.69, 9.17) is 9.26 Å². The molecule has 0 N–H and O–H groups in total. The van der Waals surface area contributed by atoms with Crippen LogP contribution in [0.15, 0.2) is 33.7 Å². The monoisotopic (exact) mass is 338 g/mol. The van der Waals surface area contributed by atoms with E-state index in [9.17, 15) is 8.42 Å². The highest BCUT2D eigenvalue weighted by molar-refractivity contribution is 7.89. The second-order valence-corrected chi connectivity index (χ2v) is 7.39. The van der Waals surface area contributed by atoms with Crippen molar-refractivity contribution in [2.24, 2.45) is 0 Å². The molecule has 2 aromatic rings. The summed E-state index contributed by atoms with van der Waals surface area (Å²) in [6.45, 7) is 4.30. The van der Waals surface area contributed by atoms with Crippen molar-refractivity contribution < 1.29 is 17.7 Å². The molecular formula is C16H22N2O4S. The Morgan fingerprint density at radius 3 is 2.61 bits per heavy atom. The van der Waals surface area contributed by atoms with Crippen molar-refractivity contribution in [2.75, 3.05) is 20.7 Å². The molecule has 0 fully saturated rings. The standard InChI is InChI=1S/C16H22N2O4S/c1-5-6-9-18(3)23(19,20)16-11-13(7-8-14(16)21-4)15-10-12(2)17-22-15/h7-8,10-11H,5-6,9H2,1-4H3. The summed E-state index contributed by atoms with van der Waals surface area (Å²) >= 11 is 0. The average Bonchev–Trinajstić information content (AvgIpc) is 2.98. The molecule has 126 valence electrons. The first-order valence-electron chi connectivity index (χ1n) is 7.48. The van der Waals surface area contributed by atoms with E-state index in [0.717, 1.165) is 18.5 Å². The first kappa shape index (κ1) is 17.5. The largest absolute Gasteiger partial charge is 0.495 e. The molecule has 0 amide bonds. The second kappa shape index (κ2) is 7.14. The van der Waals surface area contributed by atoms with Gasteiger partial charge in [-0.15, -0.1) is 0 Å². The lowest BCUT2D eigenvalue weighted by Crippen LogP contribution is -2.28. The fraction of sp³-hybridized carbons (Fsp3) is 0.438.